The first-order valence-corrected chi connectivity index (χ1v) is 11.3. The summed E-state index contributed by atoms with van der Waals surface area (Å²) >= 11 is 1.02. The Morgan fingerprint density at radius 3 is 2.21 bits per heavy atom. The maximum atomic E-state index is 14.1. The molecule has 4 nitrogen and oxygen atoms in total. The molecule has 0 bridgehead atoms. The molecule has 34 heavy (non-hydrogen) atoms. The predicted octanol–water partition coefficient (Wildman–Crippen LogP) is 6.15. The van der Waals surface area contributed by atoms with Gasteiger partial charge in [0, 0.05) is 4.88 Å². The Kier molecular flexibility index (Phi) is 6.70. The highest BCUT2D eigenvalue weighted by atomic mass is 32.1. The maximum absolute atomic E-state index is 14.1. The Morgan fingerprint density at radius 1 is 0.971 bits per heavy atom. The Labute approximate surface area is 195 Å². The minimum Gasteiger partial charge on any atom is -0.462 e. The highest BCUT2D eigenvalue weighted by Crippen LogP contribution is 2.43. The van der Waals surface area contributed by atoms with Gasteiger partial charge in [0.1, 0.15) is 10.6 Å². The number of nitrogens with one attached hydrogen (secondary N) is 1. The molecule has 1 amide bonds. The van der Waals surface area contributed by atoms with Crippen LogP contribution >= 0.6 is 11.3 Å². The van der Waals surface area contributed by atoms with E-state index < -0.39 is 46.5 Å². The average Bonchev–Trinajstić information content (AvgIpc) is 3.19. The van der Waals surface area contributed by atoms with Crippen molar-refractivity contribution in [1.29, 1.82) is 0 Å². The summed E-state index contributed by atoms with van der Waals surface area (Å²) < 4.78 is 73.9. The van der Waals surface area contributed by atoms with Crippen LogP contribution in [0, 0.1) is 29.1 Å². The second kappa shape index (κ2) is 9.54. The number of hydrogen-bond acceptors (Lipinski definition) is 4. The monoisotopic (exact) mass is 495 g/mol. The lowest BCUT2D eigenvalue weighted by molar-refractivity contribution is 0.0526. The van der Waals surface area contributed by atoms with E-state index in [-0.39, 0.29) is 23.1 Å². The number of hydrogen-bond donors (Lipinski definition) is 1. The van der Waals surface area contributed by atoms with E-state index in [0.717, 1.165) is 21.8 Å². The number of carbonyl (C=O) groups is 2. The molecule has 0 aliphatic heterocycles. The first-order chi connectivity index (χ1) is 16.2. The SMILES string of the molecule is CCOC(=O)c1c(NC(=O)c2c(F)c(F)c(F)c(F)c2F)sc2c1CC[C@@H](c1ccccc1)C2. The fourth-order valence-corrected chi connectivity index (χ4v) is 5.38. The van der Waals surface area contributed by atoms with E-state index >= 15 is 0 Å². The van der Waals surface area contributed by atoms with Crippen LogP contribution in [0.1, 0.15) is 56.0 Å². The highest BCUT2D eigenvalue weighted by Gasteiger charge is 2.34. The number of fused-ring (bicyclic) bond motifs is 1. The molecule has 1 atom stereocenters. The first kappa shape index (κ1) is 23.9. The fraction of sp³-hybridized carbons (Fsp3) is 0.250. The molecule has 10 heteroatoms. The van der Waals surface area contributed by atoms with E-state index in [1.54, 1.807) is 6.92 Å². The molecule has 3 aromatic rings. The van der Waals surface area contributed by atoms with E-state index in [0.29, 0.717) is 24.8 Å². The second-order valence-electron chi connectivity index (χ2n) is 7.68. The van der Waals surface area contributed by atoms with Crippen molar-refractivity contribution in [2.45, 2.75) is 32.1 Å². The smallest absolute Gasteiger partial charge is 0.341 e. The molecule has 0 saturated carbocycles. The molecular formula is C24H18F5NO3S. The Morgan fingerprint density at radius 2 is 1.59 bits per heavy atom. The van der Waals surface area contributed by atoms with Crippen LogP contribution in [0.2, 0.25) is 0 Å². The summed E-state index contributed by atoms with van der Waals surface area (Å²) in [5.74, 6) is -13.5. The number of carbonyl (C=O) groups excluding carboxylic acids is 2. The topological polar surface area (TPSA) is 55.4 Å². The number of anilines is 1. The van der Waals surface area contributed by atoms with Crippen molar-refractivity contribution >= 4 is 28.2 Å². The number of esters is 1. The van der Waals surface area contributed by atoms with Crippen LogP contribution in [0.15, 0.2) is 30.3 Å². The molecule has 0 fully saturated rings. The molecule has 0 radical (unpaired) electrons. The minimum absolute atomic E-state index is 0.0329. The third kappa shape index (κ3) is 4.18. The van der Waals surface area contributed by atoms with Gasteiger partial charge in [0.25, 0.3) is 5.91 Å². The second-order valence-corrected chi connectivity index (χ2v) is 8.78. The van der Waals surface area contributed by atoms with Crippen LogP contribution in [0.4, 0.5) is 27.0 Å². The maximum Gasteiger partial charge on any atom is 0.341 e. The molecular weight excluding hydrogens is 477 g/mol. The van der Waals surface area contributed by atoms with Gasteiger partial charge in [0.05, 0.1) is 12.2 Å². The zero-order valence-electron chi connectivity index (χ0n) is 17.8. The highest BCUT2D eigenvalue weighted by molar-refractivity contribution is 7.17. The lowest BCUT2D eigenvalue weighted by atomic mass is 9.83. The van der Waals surface area contributed by atoms with Crippen LogP contribution in [0.25, 0.3) is 0 Å². The summed E-state index contributed by atoms with van der Waals surface area (Å²) in [4.78, 5) is 26.1. The summed E-state index contributed by atoms with van der Waals surface area (Å²) in [6.45, 7) is 1.64. The van der Waals surface area contributed by atoms with Gasteiger partial charge >= 0.3 is 5.97 Å². The third-order valence-electron chi connectivity index (χ3n) is 5.68. The lowest BCUT2D eigenvalue weighted by Gasteiger charge is -2.23. The van der Waals surface area contributed by atoms with Crippen molar-refractivity contribution in [2.75, 3.05) is 11.9 Å². The molecule has 1 heterocycles. The third-order valence-corrected chi connectivity index (χ3v) is 6.85. The van der Waals surface area contributed by atoms with Gasteiger partial charge < -0.3 is 10.1 Å². The summed E-state index contributed by atoms with van der Waals surface area (Å²) in [5, 5.41) is 2.11. The molecule has 2 aromatic carbocycles. The van der Waals surface area contributed by atoms with E-state index in [1.807, 2.05) is 30.3 Å². The van der Waals surface area contributed by atoms with Crippen molar-refractivity contribution in [3.8, 4) is 0 Å². The van der Waals surface area contributed by atoms with Gasteiger partial charge in [-0.1, -0.05) is 30.3 Å². The Balaban J connectivity index is 1.72. The van der Waals surface area contributed by atoms with Crippen LogP contribution in [-0.2, 0) is 17.6 Å². The molecule has 178 valence electrons. The quantitative estimate of drug-likeness (QED) is 0.200. The first-order valence-electron chi connectivity index (χ1n) is 10.4. The number of halogens is 5. The molecule has 4 rings (SSSR count). The van der Waals surface area contributed by atoms with E-state index in [2.05, 4.69) is 5.32 Å². The van der Waals surface area contributed by atoms with Gasteiger partial charge in [0.2, 0.25) is 5.82 Å². The minimum atomic E-state index is -2.36. The van der Waals surface area contributed by atoms with E-state index in [1.165, 1.54) is 0 Å². The lowest BCUT2D eigenvalue weighted by Crippen LogP contribution is -2.20. The summed E-state index contributed by atoms with van der Waals surface area (Å²) in [6, 6.07) is 9.70. The number of thiophene rings is 1. The van der Waals surface area contributed by atoms with Crippen LogP contribution < -0.4 is 5.32 Å². The van der Waals surface area contributed by atoms with Gasteiger partial charge in [0.15, 0.2) is 23.3 Å². The molecule has 1 aliphatic rings. The molecule has 0 saturated heterocycles. The van der Waals surface area contributed by atoms with Gasteiger partial charge in [-0.2, -0.15) is 0 Å². The largest absolute Gasteiger partial charge is 0.462 e. The summed E-state index contributed by atoms with van der Waals surface area (Å²) in [6.07, 6.45) is 1.75. The van der Waals surface area contributed by atoms with Crippen molar-refractivity contribution in [3.63, 3.8) is 0 Å². The zero-order valence-corrected chi connectivity index (χ0v) is 18.6. The summed E-state index contributed by atoms with van der Waals surface area (Å²) in [7, 11) is 0. The van der Waals surface area contributed by atoms with Crippen molar-refractivity contribution in [3.05, 3.63) is 86.5 Å². The van der Waals surface area contributed by atoms with Gasteiger partial charge in [-0.15, -0.1) is 11.3 Å². The number of rotatable bonds is 5. The van der Waals surface area contributed by atoms with Crippen molar-refractivity contribution in [2.24, 2.45) is 0 Å². The van der Waals surface area contributed by atoms with Crippen LogP contribution in [-0.4, -0.2) is 18.5 Å². The van der Waals surface area contributed by atoms with E-state index in [4.69, 9.17) is 4.74 Å². The van der Waals surface area contributed by atoms with Crippen molar-refractivity contribution < 1.29 is 36.3 Å². The standard InChI is InChI=1S/C24H18F5NO3S/c1-2-33-24(32)15-13-9-8-12(11-6-4-3-5-7-11)10-14(13)34-23(15)30-22(31)16-17(25)19(27)21(29)20(28)18(16)26/h3-7,12H,2,8-10H2,1H3,(H,30,31)/t12-/m1/s1. The van der Waals surface area contributed by atoms with Crippen LogP contribution in [0.3, 0.4) is 0 Å². The van der Waals surface area contributed by atoms with Crippen molar-refractivity contribution in [1.82, 2.24) is 0 Å². The normalized spacial score (nSPS) is 15.1. The number of benzene rings is 2. The fourth-order valence-electron chi connectivity index (χ4n) is 4.07. The van der Waals surface area contributed by atoms with E-state index in [9.17, 15) is 31.5 Å². The summed E-state index contributed by atoms with van der Waals surface area (Å²) in [5.41, 5.74) is 0.153. The molecule has 1 aromatic heterocycles. The molecule has 0 spiro atoms. The average molecular weight is 495 g/mol. The predicted molar refractivity (Wildman–Crippen MR) is 116 cm³/mol. The molecule has 1 aliphatic carbocycles. The van der Waals surface area contributed by atoms with Gasteiger partial charge in [-0.3, -0.25) is 4.79 Å². The molecule has 1 N–H and O–H groups in total. The number of ether oxygens (including phenoxy) is 1. The molecule has 0 unspecified atom stereocenters. The van der Waals surface area contributed by atoms with Gasteiger partial charge in [-0.25, -0.2) is 26.7 Å². The number of amides is 1. The van der Waals surface area contributed by atoms with Gasteiger partial charge in [-0.05, 0) is 43.2 Å². The van der Waals surface area contributed by atoms with Crippen LogP contribution in [0.5, 0.6) is 0 Å². The Hall–Kier alpha value is -3.27. The zero-order chi connectivity index (χ0) is 24.6. The Bertz CT molecular complexity index is 1250.